The molecule has 3 rings (SSSR count). The van der Waals surface area contributed by atoms with Crippen LogP contribution in [-0.2, 0) is 21.4 Å². The monoisotopic (exact) mass is 275 g/mol. The molecule has 0 saturated carbocycles. The Hall–Kier alpha value is -1.42. The van der Waals surface area contributed by atoms with Crippen LogP contribution in [0.2, 0.25) is 0 Å². The first-order valence-electron chi connectivity index (χ1n) is 6.48. The molecule has 0 aliphatic heterocycles. The molecule has 1 aromatic rings. The van der Waals surface area contributed by atoms with Crippen molar-refractivity contribution in [2.24, 2.45) is 5.92 Å². The van der Waals surface area contributed by atoms with Gasteiger partial charge >= 0.3 is 5.97 Å². The third-order valence-electron chi connectivity index (χ3n) is 4.21. The molecular weight excluding hydrogens is 258 g/mol. The van der Waals surface area contributed by atoms with E-state index in [4.69, 9.17) is 4.74 Å². The molecule has 0 aromatic carbocycles. The Kier molecular flexibility index (Phi) is 2.86. The predicted octanol–water partition coefficient (Wildman–Crippen LogP) is 3.02. The van der Waals surface area contributed by atoms with E-state index in [2.05, 4.69) is 24.1 Å². The Labute approximate surface area is 117 Å². The Balaban J connectivity index is 2.30. The average molecular weight is 275 g/mol. The SMILES string of the molecule is C/C=C1\[C@H]2C=C(C)C[C@]1(C(=O)OC)c1scnc1C2. The molecule has 100 valence electrons. The van der Waals surface area contributed by atoms with Crippen LogP contribution < -0.4 is 0 Å². The third-order valence-corrected chi connectivity index (χ3v) is 5.24. The molecule has 2 bridgehead atoms. The average Bonchev–Trinajstić information content (AvgIpc) is 2.85. The lowest BCUT2D eigenvalue weighted by Gasteiger charge is -2.43. The summed E-state index contributed by atoms with van der Waals surface area (Å²) in [5.41, 5.74) is 4.73. The van der Waals surface area contributed by atoms with E-state index < -0.39 is 5.41 Å². The van der Waals surface area contributed by atoms with Gasteiger partial charge in [0.15, 0.2) is 0 Å². The summed E-state index contributed by atoms with van der Waals surface area (Å²) in [6, 6.07) is 0. The van der Waals surface area contributed by atoms with Gasteiger partial charge in [-0.1, -0.05) is 17.7 Å². The lowest BCUT2D eigenvalue weighted by atomic mass is 9.61. The highest BCUT2D eigenvalue weighted by Gasteiger charge is 2.53. The number of hydrogen-bond acceptors (Lipinski definition) is 4. The minimum Gasteiger partial charge on any atom is -0.468 e. The van der Waals surface area contributed by atoms with Crippen LogP contribution in [0.4, 0.5) is 0 Å². The molecule has 1 heterocycles. The van der Waals surface area contributed by atoms with Gasteiger partial charge in [-0.25, -0.2) is 4.98 Å². The zero-order valence-corrected chi connectivity index (χ0v) is 12.2. The van der Waals surface area contributed by atoms with Crippen molar-refractivity contribution in [3.8, 4) is 0 Å². The molecule has 1 aromatic heterocycles. The number of nitrogens with zero attached hydrogens (tertiary/aromatic N) is 1. The van der Waals surface area contributed by atoms with Crippen molar-refractivity contribution in [2.75, 3.05) is 7.11 Å². The Bertz CT molecular complexity index is 599. The molecular formula is C15H17NO2S. The van der Waals surface area contributed by atoms with Gasteiger partial charge in [-0.3, -0.25) is 4.79 Å². The van der Waals surface area contributed by atoms with E-state index in [0.717, 1.165) is 17.0 Å². The van der Waals surface area contributed by atoms with Crippen molar-refractivity contribution in [3.05, 3.63) is 39.4 Å². The van der Waals surface area contributed by atoms with E-state index in [1.807, 2.05) is 12.4 Å². The summed E-state index contributed by atoms with van der Waals surface area (Å²) in [4.78, 5) is 18.1. The van der Waals surface area contributed by atoms with E-state index in [1.165, 1.54) is 18.3 Å². The van der Waals surface area contributed by atoms with Crippen LogP contribution in [0.25, 0.3) is 0 Å². The van der Waals surface area contributed by atoms with E-state index >= 15 is 0 Å². The van der Waals surface area contributed by atoms with Gasteiger partial charge in [-0.05, 0) is 25.8 Å². The second kappa shape index (κ2) is 4.30. The molecule has 0 unspecified atom stereocenters. The van der Waals surface area contributed by atoms with Crippen molar-refractivity contribution < 1.29 is 9.53 Å². The summed E-state index contributed by atoms with van der Waals surface area (Å²) >= 11 is 1.58. The number of methoxy groups -OCH3 is 1. The number of carbonyl (C=O) groups excluding carboxylic acids is 1. The normalized spacial score (nSPS) is 30.8. The fraction of sp³-hybridized carbons (Fsp3) is 0.467. The van der Waals surface area contributed by atoms with Crippen LogP contribution in [-0.4, -0.2) is 18.1 Å². The number of aromatic nitrogens is 1. The van der Waals surface area contributed by atoms with Crippen LogP contribution in [0.15, 0.2) is 28.8 Å². The Morgan fingerprint density at radius 1 is 1.63 bits per heavy atom. The number of ether oxygens (including phenoxy) is 1. The summed E-state index contributed by atoms with van der Waals surface area (Å²) < 4.78 is 5.14. The smallest absolute Gasteiger partial charge is 0.321 e. The Morgan fingerprint density at radius 2 is 2.42 bits per heavy atom. The number of carbonyl (C=O) groups is 1. The highest BCUT2D eigenvalue weighted by molar-refractivity contribution is 7.10. The molecule has 4 heteroatoms. The van der Waals surface area contributed by atoms with Gasteiger partial charge in [-0.2, -0.15) is 0 Å². The summed E-state index contributed by atoms with van der Waals surface area (Å²) in [7, 11) is 1.47. The second-order valence-corrected chi connectivity index (χ2v) is 6.12. The third kappa shape index (κ3) is 1.56. The highest BCUT2D eigenvalue weighted by Crippen LogP contribution is 2.53. The first kappa shape index (κ1) is 12.6. The van der Waals surface area contributed by atoms with E-state index in [9.17, 15) is 4.79 Å². The molecule has 0 N–H and O–H groups in total. The number of allylic oxidation sites excluding steroid dienone is 3. The minimum absolute atomic E-state index is 0.150. The van der Waals surface area contributed by atoms with Crippen LogP contribution >= 0.6 is 11.3 Å². The molecule has 0 fully saturated rings. The number of hydrogen-bond donors (Lipinski definition) is 0. The maximum Gasteiger partial charge on any atom is 0.321 e. The molecule has 2 aliphatic rings. The van der Waals surface area contributed by atoms with E-state index in [-0.39, 0.29) is 11.9 Å². The lowest BCUT2D eigenvalue weighted by Crippen LogP contribution is -2.46. The fourth-order valence-corrected chi connectivity index (χ4v) is 4.63. The van der Waals surface area contributed by atoms with Gasteiger partial charge in [0.25, 0.3) is 0 Å². The summed E-state index contributed by atoms with van der Waals surface area (Å²) in [5, 5.41) is 0. The molecule has 3 nitrogen and oxygen atoms in total. The Morgan fingerprint density at radius 3 is 3.11 bits per heavy atom. The fourth-order valence-electron chi connectivity index (χ4n) is 3.60. The molecule has 19 heavy (non-hydrogen) atoms. The van der Waals surface area contributed by atoms with Gasteiger partial charge in [-0.15, -0.1) is 11.3 Å². The first-order chi connectivity index (χ1) is 9.13. The number of fused-ring (bicyclic) bond motifs is 4. The van der Waals surface area contributed by atoms with Crippen LogP contribution in [0.5, 0.6) is 0 Å². The molecule has 0 saturated heterocycles. The van der Waals surface area contributed by atoms with Crippen LogP contribution in [0.3, 0.4) is 0 Å². The van der Waals surface area contributed by atoms with E-state index in [1.54, 1.807) is 11.3 Å². The zero-order valence-electron chi connectivity index (χ0n) is 11.4. The largest absolute Gasteiger partial charge is 0.468 e. The topological polar surface area (TPSA) is 39.2 Å². The lowest BCUT2D eigenvalue weighted by molar-refractivity contribution is -0.146. The van der Waals surface area contributed by atoms with Crippen molar-refractivity contribution in [2.45, 2.75) is 32.1 Å². The molecule has 0 radical (unpaired) electrons. The maximum atomic E-state index is 12.6. The number of thiazole rings is 1. The van der Waals surface area contributed by atoms with Gasteiger partial charge in [0.05, 0.1) is 18.3 Å². The van der Waals surface area contributed by atoms with Crippen LogP contribution in [0.1, 0.15) is 30.8 Å². The van der Waals surface area contributed by atoms with Crippen LogP contribution in [0, 0.1) is 5.92 Å². The summed E-state index contributed by atoms with van der Waals surface area (Å²) in [5.74, 6) is 0.135. The number of esters is 1. The molecule has 2 aliphatic carbocycles. The molecule has 0 spiro atoms. The number of rotatable bonds is 1. The zero-order chi connectivity index (χ0) is 13.6. The van der Waals surface area contributed by atoms with Gasteiger partial charge in [0.1, 0.15) is 5.41 Å². The highest BCUT2D eigenvalue weighted by atomic mass is 32.1. The van der Waals surface area contributed by atoms with E-state index in [0.29, 0.717) is 6.42 Å². The van der Waals surface area contributed by atoms with Crippen molar-refractivity contribution in [1.82, 2.24) is 4.98 Å². The molecule has 0 amide bonds. The summed E-state index contributed by atoms with van der Waals surface area (Å²) in [6.45, 7) is 4.11. The quantitative estimate of drug-likeness (QED) is 0.584. The van der Waals surface area contributed by atoms with Crippen molar-refractivity contribution in [1.29, 1.82) is 0 Å². The first-order valence-corrected chi connectivity index (χ1v) is 7.36. The minimum atomic E-state index is -0.623. The summed E-state index contributed by atoms with van der Waals surface area (Å²) in [6.07, 6.45) is 5.98. The van der Waals surface area contributed by atoms with Crippen molar-refractivity contribution in [3.63, 3.8) is 0 Å². The molecule has 2 atom stereocenters. The van der Waals surface area contributed by atoms with Gasteiger partial charge < -0.3 is 4.74 Å². The predicted molar refractivity (Wildman–Crippen MR) is 75.1 cm³/mol. The standard InChI is InChI=1S/C15H17NO2S/c1-4-11-10-5-9(2)7-15(11,14(17)18-3)13-12(6-10)16-8-19-13/h4-5,8,10H,6-7H2,1-3H3/b11-4+/t10-,15+/m0/s1. The van der Waals surface area contributed by atoms with Crippen molar-refractivity contribution >= 4 is 17.3 Å². The van der Waals surface area contributed by atoms with Gasteiger partial charge in [0, 0.05) is 17.2 Å². The second-order valence-electron chi connectivity index (χ2n) is 5.27. The maximum absolute atomic E-state index is 12.6. The van der Waals surface area contributed by atoms with Gasteiger partial charge in [0.2, 0.25) is 0 Å².